The minimum Gasteiger partial charge on any atom is -0.352 e. The van der Waals surface area contributed by atoms with Crippen molar-refractivity contribution in [3.05, 3.63) is 71.3 Å². The van der Waals surface area contributed by atoms with E-state index in [-0.39, 0.29) is 30.3 Å². The minimum absolute atomic E-state index is 0. The summed E-state index contributed by atoms with van der Waals surface area (Å²) in [5, 5.41) is 2.94. The molecule has 2 aromatic carbocycles. The average molecular weight is 416 g/mol. The fourth-order valence-corrected chi connectivity index (χ4v) is 3.60. The predicted octanol–water partition coefficient (Wildman–Crippen LogP) is 3.65. The third-order valence-corrected chi connectivity index (χ3v) is 5.36. The second-order valence-corrected chi connectivity index (χ2v) is 7.70. The van der Waals surface area contributed by atoms with Gasteiger partial charge < -0.3 is 16.0 Å². The molecule has 2 atom stereocenters. The van der Waals surface area contributed by atoms with Gasteiger partial charge in [-0.3, -0.25) is 9.59 Å². The lowest BCUT2D eigenvalue weighted by atomic mass is 9.99. The lowest BCUT2D eigenvalue weighted by Crippen LogP contribution is -2.47. The van der Waals surface area contributed by atoms with Crippen LogP contribution in [0.4, 0.5) is 0 Å². The molecule has 3 rings (SSSR count). The zero-order chi connectivity index (χ0) is 20.1. The van der Waals surface area contributed by atoms with E-state index in [0.717, 1.165) is 12.0 Å². The van der Waals surface area contributed by atoms with Crippen LogP contribution in [0.2, 0.25) is 0 Å². The van der Waals surface area contributed by atoms with E-state index in [9.17, 15) is 9.59 Å². The fraction of sp³-hybridized carbons (Fsp3) is 0.391. The normalized spacial score (nSPS) is 17.0. The van der Waals surface area contributed by atoms with Crippen LogP contribution < -0.4 is 11.1 Å². The first-order valence-corrected chi connectivity index (χ1v) is 9.96. The summed E-state index contributed by atoms with van der Waals surface area (Å²) in [4.78, 5) is 27.1. The number of nitrogens with two attached hydrogens (primary N) is 1. The van der Waals surface area contributed by atoms with Crippen LogP contribution in [0.25, 0.3) is 0 Å². The van der Waals surface area contributed by atoms with E-state index in [2.05, 4.69) is 31.3 Å². The molecule has 2 aromatic rings. The molecule has 0 bridgehead atoms. The Morgan fingerprint density at radius 3 is 2.31 bits per heavy atom. The van der Waals surface area contributed by atoms with Crippen molar-refractivity contribution in [3.8, 4) is 0 Å². The largest absolute Gasteiger partial charge is 0.352 e. The summed E-state index contributed by atoms with van der Waals surface area (Å²) in [6, 6.07) is 16.6. The maximum atomic E-state index is 12.7. The monoisotopic (exact) mass is 415 g/mol. The van der Waals surface area contributed by atoms with Gasteiger partial charge in [0, 0.05) is 24.7 Å². The number of benzene rings is 2. The summed E-state index contributed by atoms with van der Waals surface area (Å²) >= 11 is 0. The molecule has 0 aliphatic carbocycles. The van der Waals surface area contributed by atoms with Gasteiger partial charge in [0.25, 0.3) is 5.91 Å². The Hall–Kier alpha value is -2.37. The van der Waals surface area contributed by atoms with Crippen LogP contribution in [-0.2, 0) is 4.79 Å². The molecule has 29 heavy (non-hydrogen) atoms. The SMILES string of the molecule is CC(C)c1ccc(C(N)CNC(=O)C2CCCN2C(=O)c2ccccc2)cc1.Cl. The predicted molar refractivity (Wildman–Crippen MR) is 118 cm³/mol. The highest BCUT2D eigenvalue weighted by atomic mass is 35.5. The Bertz CT molecular complexity index is 809. The molecule has 0 saturated carbocycles. The van der Waals surface area contributed by atoms with E-state index >= 15 is 0 Å². The van der Waals surface area contributed by atoms with Crippen LogP contribution in [0.15, 0.2) is 54.6 Å². The summed E-state index contributed by atoms with van der Waals surface area (Å²) in [6.07, 6.45) is 1.52. The molecule has 5 nitrogen and oxygen atoms in total. The van der Waals surface area contributed by atoms with E-state index in [0.29, 0.717) is 31.0 Å². The van der Waals surface area contributed by atoms with Gasteiger partial charge in [0.15, 0.2) is 0 Å². The Morgan fingerprint density at radius 1 is 1.07 bits per heavy atom. The Labute approximate surface area is 179 Å². The van der Waals surface area contributed by atoms with Crippen LogP contribution in [0.5, 0.6) is 0 Å². The van der Waals surface area contributed by atoms with Gasteiger partial charge in [-0.1, -0.05) is 56.3 Å². The molecule has 1 fully saturated rings. The number of carbonyl (C=O) groups excluding carboxylic acids is 2. The van der Waals surface area contributed by atoms with Crippen molar-refractivity contribution >= 4 is 24.2 Å². The van der Waals surface area contributed by atoms with E-state index in [1.165, 1.54) is 5.56 Å². The van der Waals surface area contributed by atoms with Crippen molar-refractivity contribution in [3.63, 3.8) is 0 Å². The quantitative estimate of drug-likeness (QED) is 0.756. The first-order chi connectivity index (χ1) is 13.5. The van der Waals surface area contributed by atoms with Gasteiger partial charge in [0.1, 0.15) is 6.04 Å². The van der Waals surface area contributed by atoms with Crippen molar-refractivity contribution in [1.29, 1.82) is 0 Å². The van der Waals surface area contributed by atoms with Crippen LogP contribution in [0.1, 0.15) is 60.1 Å². The Morgan fingerprint density at radius 2 is 1.69 bits per heavy atom. The molecular weight excluding hydrogens is 386 g/mol. The molecule has 1 aliphatic heterocycles. The van der Waals surface area contributed by atoms with Gasteiger partial charge in [0.05, 0.1) is 0 Å². The molecule has 1 heterocycles. The zero-order valence-corrected chi connectivity index (χ0v) is 17.8. The van der Waals surface area contributed by atoms with Crippen LogP contribution in [0, 0.1) is 0 Å². The Balaban J connectivity index is 0.00000300. The third kappa shape index (κ3) is 5.58. The fourth-order valence-electron chi connectivity index (χ4n) is 3.60. The van der Waals surface area contributed by atoms with Crippen molar-refractivity contribution in [2.24, 2.45) is 5.73 Å². The lowest BCUT2D eigenvalue weighted by molar-refractivity contribution is -0.124. The van der Waals surface area contributed by atoms with E-state index in [1.54, 1.807) is 17.0 Å². The lowest BCUT2D eigenvalue weighted by Gasteiger charge is -2.25. The first-order valence-electron chi connectivity index (χ1n) is 9.96. The highest BCUT2D eigenvalue weighted by Gasteiger charge is 2.34. The summed E-state index contributed by atoms with van der Waals surface area (Å²) in [5.74, 6) is 0.253. The molecule has 0 radical (unpaired) electrons. The zero-order valence-electron chi connectivity index (χ0n) is 17.0. The number of halogens is 1. The number of hydrogen-bond acceptors (Lipinski definition) is 3. The summed E-state index contributed by atoms with van der Waals surface area (Å²) in [5.41, 5.74) is 9.13. The molecule has 156 valence electrons. The number of nitrogens with zero attached hydrogens (tertiary/aromatic N) is 1. The van der Waals surface area contributed by atoms with Gasteiger partial charge in [-0.15, -0.1) is 12.4 Å². The second-order valence-electron chi connectivity index (χ2n) is 7.70. The van der Waals surface area contributed by atoms with Crippen LogP contribution in [0.3, 0.4) is 0 Å². The number of amides is 2. The molecule has 1 saturated heterocycles. The number of nitrogens with one attached hydrogen (secondary N) is 1. The minimum atomic E-state index is -0.428. The van der Waals surface area contributed by atoms with Gasteiger partial charge in [-0.05, 0) is 42.0 Å². The second kappa shape index (κ2) is 10.4. The van der Waals surface area contributed by atoms with Crippen LogP contribution >= 0.6 is 12.4 Å². The summed E-state index contributed by atoms with van der Waals surface area (Å²) < 4.78 is 0. The van der Waals surface area contributed by atoms with Gasteiger partial charge in [-0.25, -0.2) is 0 Å². The van der Waals surface area contributed by atoms with E-state index in [4.69, 9.17) is 5.73 Å². The van der Waals surface area contributed by atoms with E-state index in [1.807, 2.05) is 30.3 Å². The molecule has 6 heteroatoms. The first kappa shape index (κ1) is 22.9. The third-order valence-electron chi connectivity index (χ3n) is 5.36. The average Bonchev–Trinajstić information content (AvgIpc) is 3.22. The van der Waals surface area contributed by atoms with Gasteiger partial charge in [0.2, 0.25) is 5.91 Å². The summed E-state index contributed by atoms with van der Waals surface area (Å²) in [6.45, 7) is 5.26. The molecule has 2 unspecified atom stereocenters. The van der Waals surface area contributed by atoms with Crippen LogP contribution in [-0.4, -0.2) is 35.8 Å². The highest BCUT2D eigenvalue weighted by Crippen LogP contribution is 2.21. The number of rotatable bonds is 6. The van der Waals surface area contributed by atoms with Crippen molar-refractivity contribution in [2.75, 3.05) is 13.1 Å². The molecule has 2 amide bonds. The topological polar surface area (TPSA) is 75.4 Å². The standard InChI is InChI=1S/C23H29N3O2.ClH/c1-16(2)17-10-12-18(13-11-17)20(24)15-25-22(27)21-9-6-14-26(21)23(28)19-7-4-3-5-8-19;/h3-5,7-8,10-13,16,20-21H,6,9,14-15,24H2,1-2H3,(H,25,27);1H. The van der Waals surface area contributed by atoms with Crippen molar-refractivity contribution in [2.45, 2.75) is 44.7 Å². The van der Waals surface area contributed by atoms with Crippen molar-refractivity contribution < 1.29 is 9.59 Å². The molecule has 0 spiro atoms. The number of hydrogen-bond donors (Lipinski definition) is 2. The Kier molecular flexibility index (Phi) is 8.23. The molecule has 0 aromatic heterocycles. The maximum absolute atomic E-state index is 12.7. The highest BCUT2D eigenvalue weighted by molar-refractivity contribution is 5.97. The molecule has 1 aliphatic rings. The van der Waals surface area contributed by atoms with Crippen molar-refractivity contribution in [1.82, 2.24) is 10.2 Å². The molecular formula is C23H30ClN3O2. The smallest absolute Gasteiger partial charge is 0.254 e. The van der Waals surface area contributed by atoms with Gasteiger partial charge in [-0.2, -0.15) is 0 Å². The number of likely N-dealkylation sites (tertiary alicyclic amines) is 1. The van der Waals surface area contributed by atoms with E-state index < -0.39 is 6.04 Å². The summed E-state index contributed by atoms with van der Waals surface area (Å²) in [7, 11) is 0. The molecule has 3 N–H and O–H groups in total. The maximum Gasteiger partial charge on any atom is 0.254 e. The number of carbonyl (C=O) groups is 2. The van der Waals surface area contributed by atoms with Gasteiger partial charge >= 0.3 is 0 Å².